The van der Waals surface area contributed by atoms with Gasteiger partial charge in [-0.3, -0.25) is 9.59 Å². The molecule has 1 atom stereocenters. The van der Waals surface area contributed by atoms with E-state index < -0.39 is 6.04 Å². The molecule has 0 radical (unpaired) electrons. The smallest absolute Gasteiger partial charge is 0.258 e. The van der Waals surface area contributed by atoms with Crippen molar-refractivity contribution < 1.29 is 14.3 Å². The molecule has 0 aliphatic rings. The highest BCUT2D eigenvalue weighted by Gasteiger charge is 2.24. The van der Waals surface area contributed by atoms with Crippen molar-refractivity contribution in [2.45, 2.75) is 26.4 Å². The summed E-state index contributed by atoms with van der Waals surface area (Å²) in [5.41, 5.74) is 0.920. The number of fused-ring (bicyclic) bond motifs is 1. The first-order valence-electron chi connectivity index (χ1n) is 9.12. The number of ether oxygens (including phenoxy) is 1. The molecule has 0 saturated heterocycles. The van der Waals surface area contributed by atoms with E-state index in [-0.39, 0.29) is 24.3 Å². The normalized spacial score (nSPS) is 12.0. The molecule has 6 nitrogen and oxygen atoms in total. The van der Waals surface area contributed by atoms with Gasteiger partial charge >= 0.3 is 0 Å². The zero-order valence-corrected chi connectivity index (χ0v) is 16.7. The molecule has 1 heterocycles. The molecule has 146 valence electrons. The van der Waals surface area contributed by atoms with E-state index in [1.54, 1.807) is 23.5 Å². The highest BCUT2D eigenvalue weighted by molar-refractivity contribution is 7.18. The average Bonchev–Trinajstić information content (AvgIpc) is 3.12. The maximum atomic E-state index is 12.6. The highest BCUT2D eigenvalue weighted by atomic mass is 32.1. The number of thiazole rings is 1. The van der Waals surface area contributed by atoms with E-state index in [1.165, 1.54) is 0 Å². The van der Waals surface area contributed by atoms with Gasteiger partial charge in [-0.1, -0.05) is 44.2 Å². The van der Waals surface area contributed by atoms with E-state index in [0.717, 1.165) is 15.2 Å². The Labute approximate surface area is 167 Å². The monoisotopic (exact) mass is 397 g/mol. The van der Waals surface area contributed by atoms with Crippen LogP contribution < -0.4 is 15.4 Å². The molecule has 3 rings (SSSR count). The van der Waals surface area contributed by atoms with E-state index in [1.807, 2.05) is 56.3 Å². The predicted molar refractivity (Wildman–Crippen MR) is 110 cm³/mol. The molecule has 0 saturated carbocycles. The van der Waals surface area contributed by atoms with E-state index in [2.05, 4.69) is 15.6 Å². The van der Waals surface area contributed by atoms with Gasteiger partial charge in [-0.2, -0.15) is 0 Å². The summed E-state index contributed by atoms with van der Waals surface area (Å²) in [5, 5.41) is 6.46. The molecule has 2 amide bonds. The Bertz CT molecular complexity index is 907. The van der Waals surface area contributed by atoms with E-state index in [4.69, 9.17) is 4.74 Å². The Morgan fingerprint density at radius 3 is 2.50 bits per heavy atom. The third-order valence-corrected chi connectivity index (χ3v) is 5.17. The summed E-state index contributed by atoms with van der Waals surface area (Å²) in [5.74, 6) is -0.0184. The molecular weight excluding hydrogens is 374 g/mol. The molecule has 0 aliphatic carbocycles. The van der Waals surface area contributed by atoms with Crippen LogP contribution in [0.3, 0.4) is 0 Å². The van der Waals surface area contributed by atoms with Crippen molar-refractivity contribution in [3.8, 4) is 5.75 Å². The summed E-state index contributed by atoms with van der Waals surface area (Å²) >= 11 is 1.55. The number of nitrogens with zero attached hydrogens (tertiary/aromatic N) is 1. The standard InChI is InChI=1S/C21H23N3O3S/c1-14(2)20(24-18(25)13-27-15-8-4-3-5-9-15)21(26)22-12-19-23-16-10-6-7-11-17(16)28-19/h3-11,14,20H,12-13H2,1-2H3,(H,22,26)(H,24,25). The Kier molecular flexibility index (Phi) is 6.60. The van der Waals surface area contributed by atoms with Crippen LogP contribution in [0.4, 0.5) is 0 Å². The molecule has 0 aliphatic heterocycles. The minimum Gasteiger partial charge on any atom is -0.484 e. The second-order valence-electron chi connectivity index (χ2n) is 6.68. The number of para-hydroxylation sites is 2. The number of carbonyl (C=O) groups is 2. The van der Waals surface area contributed by atoms with Gasteiger partial charge < -0.3 is 15.4 Å². The molecule has 0 spiro atoms. The van der Waals surface area contributed by atoms with Crippen LogP contribution in [-0.4, -0.2) is 29.4 Å². The lowest BCUT2D eigenvalue weighted by atomic mass is 10.0. The van der Waals surface area contributed by atoms with Crippen molar-refractivity contribution in [1.82, 2.24) is 15.6 Å². The second-order valence-corrected chi connectivity index (χ2v) is 7.80. The fourth-order valence-electron chi connectivity index (χ4n) is 2.68. The highest BCUT2D eigenvalue weighted by Crippen LogP contribution is 2.21. The van der Waals surface area contributed by atoms with Crippen LogP contribution in [0.5, 0.6) is 5.75 Å². The Hall–Kier alpha value is -2.93. The molecule has 7 heteroatoms. The van der Waals surface area contributed by atoms with Crippen molar-refractivity contribution in [3.05, 3.63) is 59.6 Å². The van der Waals surface area contributed by atoms with Gasteiger partial charge in [0.2, 0.25) is 5.91 Å². The Morgan fingerprint density at radius 1 is 1.07 bits per heavy atom. The molecule has 3 aromatic rings. The van der Waals surface area contributed by atoms with Crippen LogP contribution in [-0.2, 0) is 16.1 Å². The Morgan fingerprint density at radius 2 is 1.79 bits per heavy atom. The number of rotatable bonds is 8. The van der Waals surface area contributed by atoms with Gasteiger partial charge in [0.1, 0.15) is 16.8 Å². The van der Waals surface area contributed by atoms with Crippen LogP contribution in [0.1, 0.15) is 18.9 Å². The van der Waals surface area contributed by atoms with Crippen molar-refractivity contribution in [2.75, 3.05) is 6.61 Å². The van der Waals surface area contributed by atoms with Crippen molar-refractivity contribution in [1.29, 1.82) is 0 Å². The van der Waals surface area contributed by atoms with E-state index >= 15 is 0 Å². The summed E-state index contributed by atoms with van der Waals surface area (Å²) in [6.07, 6.45) is 0. The molecule has 1 aromatic heterocycles. The second kappa shape index (κ2) is 9.32. The van der Waals surface area contributed by atoms with Crippen LogP contribution in [0.25, 0.3) is 10.2 Å². The molecule has 0 fully saturated rings. The quantitative estimate of drug-likeness (QED) is 0.612. The lowest BCUT2D eigenvalue weighted by molar-refractivity contribution is -0.131. The summed E-state index contributed by atoms with van der Waals surface area (Å²) in [7, 11) is 0. The fourth-order valence-corrected chi connectivity index (χ4v) is 3.59. The van der Waals surface area contributed by atoms with Crippen LogP contribution >= 0.6 is 11.3 Å². The number of carbonyl (C=O) groups excluding carboxylic acids is 2. The summed E-state index contributed by atoms with van der Waals surface area (Å²) < 4.78 is 6.52. The fraction of sp³-hybridized carbons (Fsp3) is 0.286. The number of aromatic nitrogens is 1. The van der Waals surface area contributed by atoms with Gasteiger partial charge in [0.25, 0.3) is 5.91 Å². The topological polar surface area (TPSA) is 80.3 Å². The first-order chi connectivity index (χ1) is 13.5. The molecule has 1 unspecified atom stereocenters. The zero-order chi connectivity index (χ0) is 19.9. The first-order valence-corrected chi connectivity index (χ1v) is 9.94. The summed E-state index contributed by atoms with van der Waals surface area (Å²) in [6, 6.07) is 16.3. The number of amides is 2. The number of hydrogen-bond acceptors (Lipinski definition) is 5. The molecule has 2 aromatic carbocycles. The first kappa shape index (κ1) is 19.8. The van der Waals surface area contributed by atoms with Crippen molar-refractivity contribution >= 4 is 33.4 Å². The van der Waals surface area contributed by atoms with Gasteiger partial charge in [0.15, 0.2) is 6.61 Å². The Balaban J connectivity index is 1.53. The third kappa shape index (κ3) is 5.29. The van der Waals surface area contributed by atoms with Gasteiger partial charge in [-0.05, 0) is 30.2 Å². The number of hydrogen-bond donors (Lipinski definition) is 2. The lowest BCUT2D eigenvalue weighted by Gasteiger charge is -2.21. The van der Waals surface area contributed by atoms with Gasteiger partial charge in [-0.25, -0.2) is 4.98 Å². The maximum Gasteiger partial charge on any atom is 0.258 e. The lowest BCUT2D eigenvalue weighted by Crippen LogP contribution is -2.50. The molecule has 0 bridgehead atoms. The van der Waals surface area contributed by atoms with Crippen LogP contribution in [0.2, 0.25) is 0 Å². The number of nitrogens with one attached hydrogen (secondary N) is 2. The number of benzene rings is 2. The largest absolute Gasteiger partial charge is 0.484 e. The van der Waals surface area contributed by atoms with Crippen molar-refractivity contribution in [2.24, 2.45) is 5.92 Å². The minimum atomic E-state index is -0.638. The van der Waals surface area contributed by atoms with Crippen LogP contribution in [0, 0.1) is 5.92 Å². The summed E-state index contributed by atoms with van der Waals surface area (Å²) in [4.78, 5) is 29.3. The molecular formula is C21H23N3O3S. The zero-order valence-electron chi connectivity index (χ0n) is 15.8. The van der Waals surface area contributed by atoms with Gasteiger partial charge in [-0.15, -0.1) is 11.3 Å². The van der Waals surface area contributed by atoms with Crippen LogP contribution in [0.15, 0.2) is 54.6 Å². The SMILES string of the molecule is CC(C)C(NC(=O)COc1ccccc1)C(=O)NCc1nc2ccccc2s1. The summed E-state index contributed by atoms with van der Waals surface area (Å²) in [6.45, 7) is 3.97. The predicted octanol–water partition coefficient (Wildman–Crippen LogP) is 3.13. The van der Waals surface area contributed by atoms with E-state index in [0.29, 0.717) is 12.3 Å². The van der Waals surface area contributed by atoms with E-state index in [9.17, 15) is 9.59 Å². The maximum absolute atomic E-state index is 12.6. The third-order valence-electron chi connectivity index (χ3n) is 4.13. The molecule has 2 N–H and O–H groups in total. The van der Waals surface area contributed by atoms with Crippen molar-refractivity contribution in [3.63, 3.8) is 0 Å². The van der Waals surface area contributed by atoms with Gasteiger partial charge in [0.05, 0.1) is 16.8 Å². The van der Waals surface area contributed by atoms with Gasteiger partial charge in [0, 0.05) is 0 Å². The molecule has 28 heavy (non-hydrogen) atoms. The average molecular weight is 398 g/mol. The minimum absolute atomic E-state index is 0.0592.